The van der Waals surface area contributed by atoms with E-state index in [2.05, 4.69) is 47.7 Å². The molecule has 3 nitrogen and oxygen atoms in total. The third-order valence-electron chi connectivity index (χ3n) is 5.25. The molecule has 1 saturated heterocycles. The molecule has 0 radical (unpaired) electrons. The van der Waals surface area contributed by atoms with Gasteiger partial charge in [-0.2, -0.15) is 0 Å². The quantitative estimate of drug-likeness (QED) is 0.800. The van der Waals surface area contributed by atoms with Crippen LogP contribution in [0.1, 0.15) is 54.4 Å². The summed E-state index contributed by atoms with van der Waals surface area (Å²) in [6, 6.07) is 0. The average Bonchev–Trinajstić information content (AvgIpc) is 2.23. The molecule has 0 amide bonds. The van der Waals surface area contributed by atoms with Crippen LogP contribution in [0.2, 0.25) is 18.1 Å². The van der Waals surface area contributed by atoms with Crippen LogP contribution in [0.15, 0.2) is 0 Å². The molecule has 4 heteroatoms. The Balaban J connectivity index is 2.96. The van der Waals surface area contributed by atoms with Gasteiger partial charge >= 0.3 is 0 Å². The van der Waals surface area contributed by atoms with Crippen molar-refractivity contribution in [2.75, 3.05) is 6.61 Å². The smallest absolute Gasteiger partial charge is 0.192 e. The Morgan fingerprint density at radius 2 is 1.84 bits per heavy atom. The first-order chi connectivity index (χ1) is 8.37. The highest BCUT2D eigenvalue weighted by Gasteiger charge is 2.54. The molecule has 0 aromatic carbocycles. The van der Waals surface area contributed by atoms with Gasteiger partial charge in [0.05, 0.1) is 12.7 Å². The summed E-state index contributed by atoms with van der Waals surface area (Å²) in [5, 5.41) is 10.9. The average molecular weight is 289 g/mol. The van der Waals surface area contributed by atoms with Gasteiger partial charge in [0.2, 0.25) is 0 Å². The van der Waals surface area contributed by atoms with Crippen molar-refractivity contribution in [1.29, 1.82) is 0 Å². The molecule has 19 heavy (non-hydrogen) atoms. The fourth-order valence-corrected chi connectivity index (χ4v) is 3.91. The van der Waals surface area contributed by atoms with Crippen molar-refractivity contribution in [3.8, 4) is 0 Å². The number of hydrogen-bond acceptors (Lipinski definition) is 3. The SMILES string of the molecule is CCC1(O)OCC[C@H](O[Si](C)(C)C(C)(C)C)C1(C)C. The van der Waals surface area contributed by atoms with Crippen molar-refractivity contribution in [3.05, 3.63) is 0 Å². The lowest BCUT2D eigenvalue weighted by molar-refractivity contribution is -0.311. The molecule has 1 heterocycles. The molecule has 0 saturated carbocycles. The van der Waals surface area contributed by atoms with Gasteiger partial charge in [-0.1, -0.05) is 41.5 Å². The summed E-state index contributed by atoms with van der Waals surface area (Å²) in [4.78, 5) is 0. The van der Waals surface area contributed by atoms with E-state index >= 15 is 0 Å². The lowest BCUT2D eigenvalue weighted by Crippen LogP contribution is -2.60. The van der Waals surface area contributed by atoms with Crippen LogP contribution in [0.4, 0.5) is 0 Å². The van der Waals surface area contributed by atoms with Crippen LogP contribution in [-0.4, -0.2) is 31.9 Å². The van der Waals surface area contributed by atoms with Crippen LogP contribution in [0.25, 0.3) is 0 Å². The molecule has 0 bridgehead atoms. The second kappa shape index (κ2) is 5.13. The van der Waals surface area contributed by atoms with E-state index in [1.807, 2.05) is 6.92 Å². The first-order valence-electron chi connectivity index (χ1n) is 7.41. The predicted molar refractivity (Wildman–Crippen MR) is 81.7 cm³/mol. The third kappa shape index (κ3) is 3.07. The van der Waals surface area contributed by atoms with Crippen molar-refractivity contribution in [2.24, 2.45) is 5.41 Å². The van der Waals surface area contributed by atoms with E-state index in [-0.39, 0.29) is 16.6 Å². The first kappa shape index (κ1) is 17.1. The van der Waals surface area contributed by atoms with Gasteiger partial charge in [0.1, 0.15) is 0 Å². The largest absolute Gasteiger partial charge is 0.413 e. The van der Waals surface area contributed by atoms with Crippen LogP contribution in [0, 0.1) is 5.41 Å². The fourth-order valence-electron chi connectivity index (χ4n) is 2.43. The normalized spacial score (nSPS) is 32.4. The van der Waals surface area contributed by atoms with Crippen molar-refractivity contribution in [1.82, 2.24) is 0 Å². The molecule has 0 aliphatic carbocycles. The lowest BCUT2D eigenvalue weighted by Gasteiger charge is -2.53. The summed E-state index contributed by atoms with van der Waals surface area (Å²) < 4.78 is 12.2. The maximum absolute atomic E-state index is 10.7. The first-order valence-corrected chi connectivity index (χ1v) is 10.3. The maximum atomic E-state index is 10.7. The van der Waals surface area contributed by atoms with E-state index < -0.39 is 14.1 Å². The third-order valence-corrected chi connectivity index (χ3v) is 9.74. The second-order valence-corrected chi connectivity index (χ2v) is 12.6. The predicted octanol–water partition coefficient (Wildman–Crippen LogP) is 3.92. The van der Waals surface area contributed by atoms with Gasteiger partial charge in [0.25, 0.3) is 0 Å². The number of aliphatic hydroxyl groups is 1. The van der Waals surface area contributed by atoms with Crippen molar-refractivity contribution in [2.45, 2.75) is 84.4 Å². The van der Waals surface area contributed by atoms with E-state index in [0.29, 0.717) is 13.0 Å². The second-order valence-electron chi connectivity index (χ2n) is 7.86. The van der Waals surface area contributed by atoms with E-state index in [9.17, 15) is 5.11 Å². The topological polar surface area (TPSA) is 38.7 Å². The summed E-state index contributed by atoms with van der Waals surface area (Å²) in [5.41, 5.74) is -0.379. The number of hydrogen-bond donors (Lipinski definition) is 1. The molecule has 1 fully saturated rings. The molecular weight excluding hydrogens is 256 g/mol. The Bertz CT molecular complexity index is 320. The van der Waals surface area contributed by atoms with E-state index in [4.69, 9.17) is 9.16 Å². The minimum absolute atomic E-state index is 0.0621. The Labute approximate surface area is 119 Å². The van der Waals surface area contributed by atoms with E-state index in [1.165, 1.54) is 0 Å². The summed E-state index contributed by atoms with van der Waals surface area (Å²) in [7, 11) is -1.82. The maximum Gasteiger partial charge on any atom is 0.192 e. The molecule has 2 atom stereocenters. The summed E-state index contributed by atoms with van der Waals surface area (Å²) in [5.74, 6) is -1.07. The number of ether oxygens (including phenoxy) is 1. The molecular formula is C15H32O3Si. The summed E-state index contributed by atoms with van der Waals surface area (Å²) in [6.07, 6.45) is 1.52. The zero-order chi connectivity index (χ0) is 15.1. The summed E-state index contributed by atoms with van der Waals surface area (Å²) >= 11 is 0. The Hall–Kier alpha value is 0.0969. The number of rotatable bonds is 3. The zero-order valence-corrected chi connectivity index (χ0v) is 15.0. The van der Waals surface area contributed by atoms with Crippen molar-refractivity contribution >= 4 is 8.32 Å². The molecule has 0 spiro atoms. The standard InChI is InChI=1S/C15H32O3Si/c1-9-15(16)14(5,6)12(10-11-17-15)18-19(7,8)13(2,3)4/h12,16H,9-11H2,1-8H3/t12-,15?/m0/s1. The molecule has 1 aliphatic heterocycles. The lowest BCUT2D eigenvalue weighted by atomic mass is 9.74. The van der Waals surface area contributed by atoms with Crippen molar-refractivity contribution < 1.29 is 14.3 Å². The highest BCUT2D eigenvalue weighted by molar-refractivity contribution is 6.74. The molecule has 1 rings (SSSR count). The van der Waals surface area contributed by atoms with Crippen LogP contribution in [0.3, 0.4) is 0 Å². The molecule has 1 N–H and O–H groups in total. The highest BCUT2D eigenvalue weighted by Crippen LogP contribution is 2.47. The van der Waals surface area contributed by atoms with Crippen LogP contribution in [-0.2, 0) is 9.16 Å². The van der Waals surface area contributed by atoms with Crippen LogP contribution >= 0.6 is 0 Å². The van der Waals surface area contributed by atoms with E-state index in [1.54, 1.807) is 0 Å². The van der Waals surface area contributed by atoms with Gasteiger partial charge < -0.3 is 14.3 Å². The van der Waals surface area contributed by atoms with Crippen LogP contribution < -0.4 is 0 Å². The Morgan fingerprint density at radius 3 is 2.26 bits per heavy atom. The zero-order valence-electron chi connectivity index (χ0n) is 14.0. The minimum atomic E-state index is -1.82. The van der Waals surface area contributed by atoms with Gasteiger partial charge in [-0.15, -0.1) is 0 Å². The molecule has 0 aromatic heterocycles. The molecule has 114 valence electrons. The fraction of sp³-hybridized carbons (Fsp3) is 1.00. The van der Waals surface area contributed by atoms with Gasteiger partial charge in [-0.3, -0.25) is 0 Å². The van der Waals surface area contributed by atoms with Gasteiger partial charge in [-0.05, 0) is 31.0 Å². The monoisotopic (exact) mass is 288 g/mol. The van der Waals surface area contributed by atoms with E-state index in [0.717, 1.165) is 6.42 Å². The highest BCUT2D eigenvalue weighted by atomic mass is 28.4. The van der Waals surface area contributed by atoms with Crippen molar-refractivity contribution in [3.63, 3.8) is 0 Å². The van der Waals surface area contributed by atoms with Gasteiger partial charge in [-0.25, -0.2) is 0 Å². The van der Waals surface area contributed by atoms with Gasteiger partial charge in [0, 0.05) is 5.41 Å². The molecule has 1 aliphatic rings. The minimum Gasteiger partial charge on any atom is -0.413 e. The van der Waals surface area contributed by atoms with Gasteiger partial charge in [0.15, 0.2) is 14.1 Å². The molecule has 0 aromatic rings. The Morgan fingerprint density at radius 1 is 1.32 bits per heavy atom. The summed E-state index contributed by atoms with van der Waals surface area (Å²) in [6.45, 7) is 17.9. The molecule has 1 unspecified atom stereocenters. The van der Waals surface area contributed by atoms with Crippen LogP contribution in [0.5, 0.6) is 0 Å². The Kier molecular flexibility index (Phi) is 4.63.